The van der Waals surface area contributed by atoms with Crippen LogP contribution in [0.15, 0.2) is 143 Å². The van der Waals surface area contributed by atoms with Crippen LogP contribution in [0.2, 0.25) is 0 Å². The lowest BCUT2D eigenvalue weighted by molar-refractivity contribution is 0.0517. The Morgan fingerprint density at radius 3 is 1.11 bits per heavy atom. The SMILES string of the molecule is COC(=O)c1cccn(C2CCC[C@H](O)C2)c1=O.COC(=O)c1cccn(C2CCC[C@H](OC)C2)c1=O.COC(=O)c1cccoc1=O.CO[C@H]1CCCC(n2cccc(C(=O)O)c2=O)C1.CO[C@H]1CCCC(n2cccc(N)c2=O)C1.CO[C@H]1CCCC(n2cccc(NC(=O)OC(C)(C)C)c2=O)C1.Cl.Cl.N[C@H]1CCC[C@H](O)C1. The summed E-state index contributed by atoms with van der Waals surface area (Å²) in [4.78, 5) is 128. The Labute approximate surface area is 681 Å². The molecule has 0 bridgehead atoms. The number of hydrogen-bond donors (Lipinski definition) is 6. The largest absolute Gasteiger partial charge is 0.477 e. The van der Waals surface area contributed by atoms with Gasteiger partial charge in [0, 0.05) is 95.7 Å². The molecule has 1 amide bonds. The van der Waals surface area contributed by atoms with E-state index in [0.717, 1.165) is 148 Å². The lowest BCUT2D eigenvalue weighted by Crippen LogP contribution is -2.34. The predicted octanol–water partition coefficient (Wildman–Crippen LogP) is 11.0. The zero-order chi connectivity index (χ0) is 82.9. The number of aromatic carboxylic acids is 1. The van der Waals surface area contributed by atoms with Crippen LogP contribution in [0, 0.1) is 0 Å². The standard InChI is InChI=1S/C17H26N2O4.C14H19NO4.2C13H17NO4.C12H18N2O2.C7H6O4.C6H13NO.2ClH/c1-17(2,3)23-16(21)18-14-9-6-10-19(15(14)20)12-7-5-8-13(11-12)22-4;1-18-11-6-3-5-10(9-11)15-8-4-7-12(13(15)16)14(17)19-2;1-18-10-5-2-4-9(8-10)14-7-3-6-11(12(14)15)13(16)17;1-18-13(17)11-6-3-7-14(12(11)16)9-4-2-5-10(15)8-9;1-16-10-5-2-4-9(8-10)14-7-3-6-11(13)12(14)15;1-10-6(8)5-3-2-4-11-7(5)9;7-5-2-1-3-6(8)4-5;;/h6,9-10,12-13H,5,7-8,11H2,1-4H3,(H,18,21);4,7-8,10-11H,3,5-6,9H2,1-2H3;3,6-7,9-10H,2,4-5,8H2,1H3,(H,16,17);3,6-7,9-10,15H,2,4-5,8H2,1H3;3,6-7,9-10H,2,4-5,8,13H2,1H3;2-4H,1H3;5-6,8H,1-4,7H2;2*1H/t12?,13-;10?,11-;3*9?,10-;;5-,6-;;/m00000.0../s1. The Morgan fingerprint density at radius 1 is 0.426 bits per heavy atom. The third kappa shape index (κ3) is 30.5. The molecule has 6 aromatic rings. The van der Waals surface area contributed by atoms with E-state index in [4.69, 9.17) is 45.4 Å². The number of aliphatic hydroxyl groups excluding tert-OH is 2. The van der Waals surface area contributed by atoms with Crippen molar-refractivity contribution in [2.24, 2.45) is 5.73 Å². The number of carbonyl (C=O) groups is 5. The maximum Gasteiger partial charge on any atom is 0.412 e. The normalized spacial score (nSPS) is 22.8. The van der Waals surface area contributed by atoms with Gasteiger partial charge >= 0.3 is 35.6 Å². The summed E-state index contributed by atoms with van der Waals surface area (Å²) in [6, 6.07) is 19.6. The highest BCUT2D eigenvalue weighted by Gasteiger charge is 2.30. The van der Waals surface area contributed by atoms with Gasteiger partial charge in [0.25, 0.3) is 27.8 Å². The lowest BCUT2D eigenvalue weighted by atomic mass is 9.92. The molecule has 6 heterocycles. The molecule has 0 aromatic carbocycles. The number of pyridine rings is 5. The average molecular weight is 1650 g/mol. The number of aliphatic hydroxyl groups is 2. The number of amides is 1. The molecule has 0 aliphatic heterocycles. The number of carboxylic acid groups (broad SMARTS) is 1. The van der Waals surface area contributed by atoms with E-state index in [1.165, 1.54) is 67.1 Å². The molecule has 6 fully saturated rings. The Hall–Kier alpha value is -9.05. The monoisotopic (exact) mass is 1650 g/mol. The van der Waals surface area contributed by atoms with Crippen LogP contribution in [0.3, 0.4) is 0 Å². The zero-order valence-corrected chi connectivity index (χ0v) is 69.1. The smallest absolute Gasteiger partial charge is 0.412 e. The summed E-state index contributed by atoms with van der Waals surface area (Å²) in [5.74, 6) is -3.06. The van der Waals surface area contributed by atoms with Crippen LogP contribution >= 0.6 is 24.8 Å². The lowest BCUT2D eigenvalue weighted by Gasteiger charge is -2.29. The number of hydrogen-bond acceptors (Lipinski definition) is 24. The Bertz CT molecular complexity index is 4390. The minimum Gasteiger partial charge on any atom is -0.477 e. The second-order valence-corrected chi connectivity index (χ2v) is 29.7. The van der Waals surface area contributed by atoms with Crippen LogP contribution in [-0.2, 0) is 37.9 Å². The maximum atomic E-state index is 12.6. The number of carboxylic acids is 1. The van der Waals surface area contributed by atoms with Crippen molar-refractivity contribution in [3.8, 4) is 0 Å². The predicted molar refractivity (Wildman–Crippen MR) is 437 cm³/mol. The first-order chi connectivity index (χ1) is 54.0. The number of rotatable bonds is 14. The molecule has 31 nitrogen and oxygen atoms in total. The Balaban J connectivity index is 0.000000286. The van der Waals surface area contributed by atoms with E-state index in [1.54, 1.807) is 124 Å². The van der Waals surface area contributed by atoms with Crippen LogP contribution in [0.4, 0.5) is 16.2 Å². The molecule has 6 aromatic heterocycles. The van der Waals surface area contributed by atoms with Crippen molar-refractivity contribution in [2.45, 2.75) is 253 Å². The first kappa shape index (κ1) is 98.3. The van der Waals surface area contributed by atoms with Crippen molar-refractivity contribution in [3.63, 3.8) is 0 Å². The highest BCUT2D eigenvalue weighted by atomic mass is 35.5. The molecule has 638 valence electrons. The first-order valence-electron chi connectivity index (χ1n) is 38.6. The molecule has 0 saturated heterocycles. The van der Waals surface area contributed by atoms with Crippen molar-refractivity contribution < 1.29 is 81.6 Å². The van der Waals surface area contributed by atoms with E-state index in [2.05, 4.69) is 23.9 Å². The number of ether oxygens (including phenoxy) is 8. The molecule has 0 spiro atoms. The van der Waals surface area contributed by atoms with Gasteiger partial charge in [0.05, 0.1) is 69.9 Å². The van der Waals surface area contributed by atoms with Gasteiger partial charge in [-0.2, -0.15) is 0 Å². The van der Waals surface area contributed by atoms with Gasteiger partial charge in [-0.3, -0.25) is 29.3 Å². The van der Waals surface area contributed by atoms with Crippen molar-refractivity contribution in [2.75, 3.05) is 60.8 Å². The van der Waals surface area contributed by atoms with E-state index >= 15 is 0 Å². The van der Waals surface area contributed by atoms with Crippen LogP contribution in [0.25, 0.3) is 0 Å². The van der Waals surface area contributed by atoms with E-state index in [9.17, 15) is 57.8 Å². The molecule has 6 aliphatic rings. The second kappa shape index (κ2) is 49.8. The third-order valence-electron chi connectivity index (χ3n) is 20.7. The van der Waals surface area contributed by atoms with E-state index in [-0.39, 0.29) is 148 Å². The maximum absolute atomic E-state index is 12.6. The van der Waals surface area contributed by atoms with Crippen LogP contribution in [0.1, 0.15) is 247 Å². The Kier molecular flexibility index (Phi) is 42.5. The summed E-state index contributed by atoms with van der Waals surface area (Å²) in [6.45, 7) is 5.34. The second-order valence-electron chi connectivity index (χ2n) is 29.7. The molecule has 33 heteroatoms. The number of nitrogen functional groups attached to an aromatic ring is 1. The number of halogens is 2. The topological polar surface area (TPSA) is 424 Å². The molecule has 12 rings (SSSR count). The van der Waals surface area contributed by atoms with Crippen molar-refractivity contribution in [3.05, 3.63) is 194 Å². The van der Waals surface area contributed by atoms with E-state index in [0.29, 0.717) is 12.1 Å². The van der Waals surface area contributed by atoms with Crippen LogP contribution in [0.5, 0.6) is 0 Å². The minimum absolute atomic E-state index is 0. The number of nitrogens with one attached hydrogen (secondary N) is 1. The number of nitrogens with two attached hydrogens (primary N) is 2. The van der Waals surface area contributed by atoms with Gasteiger partial charge in [0.15, 0.2) is 0 Å². The molecule has 0 radical (unpaired) electrons. The van der Waals surface area contributed by atoms with Gasteiger partial charge in [-0.1, -0.05) is 0 Å². The zero-order valence-electron chi connectivity index (χ0n) is 67.5. The fourth-order valence-electron chi connectivity index (χ4n) is 14.8. The minimum atomic E-state index is -1.17. The molecular weight excluding hydrogens is 1540 g/mol. The van der Waals surface area contributed by atoms with Gasteiger partial charge in [-0.25, -0.2) is 28.8 Å². The Morgan fingerprint density at radius 2 is 0.757 bits per heavy atom. The number of methoxy groups -OCH3 is 7. The molecule has 8 N–H and O–H groups in total. The summed E-state index contributed by atoms with van der Waals surface area (Å²) >= 11 is 0. The van der Waals surface area contributed by atoms with Gasteiger partial charge in [-0.05, 0) is 248 Å². The molecular formula is C82H118Cl2N8O23. The van der Waals surface area contributed by atoms with E-state index < -0.39 is 46.8 Å². The highest BCUT2D eigenvalue weighted by Crippen LogP contribution is 2.33. The number of anilines is 2. The summed E-state index contributed by atoms with van der Waals surface area (Å²) in [6.07, 6.45) is 32.0. The fourth-order valence-corrected chi connectivity index (χ4v) is 14.8. The number of carbonyl (C=O) groups excluding carboxylic acids is 4. The van der Waals surface area contributed by atoms with Gasteiger partial charge < -0.3 is 91.9 Å². The van der Waals surface area contributed by atoms with Crippen molar-refractivity contribution in [1.29, 1.82) is 0 Å². The van der Waals surface area contributed by atoms with Crippen molar-refractivity contribution >= 4 is 66.2 Å². The summed E-state index contributed by atoms with van der Waals surface area (Å²) in [5, 5.41) is 30.1. The molecule has 6 saturated carbocycles. The van der Waals surface area contributed by atoms with Gasteiger partial charge in [0.1, 0.15) is 33.5 Å². The van der Waals surface area contributed by atoms with Crippen LogP contribution in [-0.4, -0.2) is 166 Å². The average Bonchev–Trinajstić information content (AvgIpc) is 0.833. The quantitative estimate of drug-likeness (QED) is 0.0436. The molecule has 5 unspecified atom stereocenters. The first-order valence-corrected chi connectivity index (χ1v) is 38.6. The fraction of sp³-hybridized carbons (Fsp3) is 0.573. The number of esters is 3. The molecule has 115 heavy (non-hydrogen) atoms. The molecule has 6 aliphatic carbocycles. The number of aromatic nitrogens is 5. The molecule has 12 atom stereocenters. The van der Waals surface area contributed by atoms with Gasteiger partial charge in [-0.15, -0.1) is 24.8 Å². The van der Waals surface area contributed by atoms with E-state index in [1.807, 2.05) is 12.3 Å². The summed E-state index contributed by atoms with van der Waals surface area (Å²) in [5.41, 5.74) is 9.00. The number of nitrogens with zero attached hydrogens (tertiary/aromatic N) is 5. The highest BCUT2D eigenvalue weighted by molar-refractivity contribution is 5.90. The summed E-state index contributed by atoms with van der Waals surface area (Å²) < 4.78 is 52.8. The van der Waals surface area contributed by atoms with Crippen molar-refractivity contribution in [1.82, 2.24) is 22.8 Å². The summed E-state index contributed by atoms with van der Waals surface area (Å²) in [7, 11) is 10.5. The third-order valence-corrected chi connectivity index (χ3v) is 20.7. The van der Waals surface area contributed by atoms with Crippen LogP contribution < -0.4 is 50.2 Å². The van der Waals surface area contributed by atoms with Gasteiger partial charge in [0.2, 0.25) is 0 Å².